The number of benzene rings is 1. The minimum atomic E-state index is -0.169. The predicted octanol–water partition coefficient (Wildman–Crippen LogP) is 2.90. The van der Waals surface area contributed by atoms with E-state index in [2.05, 4.69) is 10.3 Å². The first-order valence-electron chi connectivity index (χ1n) is 5.05. The third-order valence-electron chi connectivity index (χ3n) is 2.50. The average Bonchev–Trinajstić information content (AvgIpc) is 2.78. The van der Waals surface area contributed by atoms with Crippen LogP contribution in [0.3, 0.4) is 0 Å². The zero-order valence-electron chi connectivity index (χ0n) is 9.20. The van der Waals surface area contributed by atoms with Gasteiger partial charge in [0, 0.05) is 11.6 Å². The molecule has 2 nitrogen and oxygen atoms in total. The van der Waals surface area contributed by atoms with Gasteiger partial charge < -0.3 is 5.32 Å². The predicted molar refractivity (Wildman–Crippen MR) is 64.2 cm³/mol. The highest BCUT2D eigenvalue weighted by Gasteiger charge is 2.15. The van der Waals surface area contributed by atoms with Gasteiger partial charge in [-0.2, -0.15) is 0 Å². The van der Waals surface area contributed by atoms with Crippen LogP contribution in [0.1, 0.15) is 22.2 Å². The summed E-state index contributed by atoms with van der Waals surface area (Å²) in [5.74, 6) is -0.169. The van der Waals surface area contributed by atoms with Crippen molar-refractivity contribution in [1.29, 1.82) is 0 Å². The Morgan fingerprint density at radius 1 is 1.44 bits per heavy atom. The monoisotopic (exact) mass is 236 g/mol. The molecule has 0 saturated heterocycles. The van der Waals surface area contributed by atoms with E-state index in [4.69, 9.17) is 0 Å². The topological polar surface area (TPSA) is 24.9 Å². The molecule has 16 heavy (non-hydrogen) atoms. The number of halogens is 1. The van der Waals surface area contributed by atoms with Gasteiger partial charge in [0.1, 0.15) is 10.8 Å². The SMILES string of the molecule is CNC(c1ccc(F)c(C)c1)c1nccs1. The molecule has 0 amide bonds. The van der Waals surface area contributed by atoms with Crippen molar-refractivity contribution in [1.82, 2.24) is 10.3 Å². The van der Waals surface area contributed by atoms with Crippen molar-refractivity contribution >= 4 is 11.3 Å². The molecule has 1 N–H and O–H groups in total. The van der Waals surface area contributed by atoms with Crippen molar-refractivity contribution in [2.45, 2.75) is 13.0 Å². The van der Waals surface area contributed by atoms with Crippen LogP contribution in [0.15, 0.2) is 29.8 Å². The van der Waals surface area contributed by atoms with Crippen molar-refractivity contribution in [3.05, 3.63) is 51.7 Å². The Morgan fingerprint density at radius 3 is 2.81 bits per heavy atom. The van der Waals surface area contributed by atoms with Crippen LogP contribution >= 0.6 is 11.3 Å². The highest BCUT2D eigenvalue weighted by molar-refractivity contribution is 7.09. The van der Waals surface area contributed by atoms with Gasteiger partial charge in [0.2, 0.25) is 0 Å². The fourth-order valence-corrected chi connectivity index (χ4v) is 2.43. The Kier molecular flexibility index (Phi) is 3.31. The first-order chi connectivity index (χ1) is 7.72. The Morgan fingerprint density at radius 2 is 2.25 bits per heavy atom. The lowest BCUT2D eigenvalue weighted by atomic mass is 10.0. The zero-order valence-corrected chi connectivity index (χ0v) is 10.0. The van der Waals surface area contributed by atoms with Crippen LogP contribution in [-0.2, 0) is 0 Å². The van der Waals surface area contributed by atoms with Gasteiger partial charge in [0.25, 0.3) is 0 Å². The van der Waals surface area contributed by atoms with E-state index >= 15 is 0 Å². The molecule has 0 radical (unpaired) electrons. The summed E-state index contributed by atoms with van der Waals surface area (Å²) in [5.41, 5.74) is 1.70. The largest absolute Gasteiger partial charge is 0.307 e. The van der Waals surface area contributed by atoms with Crippen molar-refractivity contribution in [3.63, 3.8) is 0 Å². The Bertz CT molecular complexity index is 468. The molecule has 1 atom stereocenters. The lowest BCUT2D eigenvalue weighted by molar-refractivity contribution is 0.613. The van der Waals surface area contributed by atoms with E-state index in [1.165, 1.54) is 6.07 Å². The Hall–Kier alpha value is -1.26. The molecule has 0 aliphatic rings. The maximum Gasteiger partial charge on any atom is 0.126 e. The van der Waals surface area contributed by atoms with Gasteiger partial charge in [-0.15, -0.1) is 11.3 Å². The molecule has 1 unspecified atom stereocenters. The number of hydrogen-bond donors (Lipinski definition) is 1. The van der Waals surface area contributed by atoms with E-state index in [1.807, 2.05) is 18.5 Å². The highest BCUT2D eigenvalue weighted by Crippen LogP contribution is 2.24. The Labute approximate surface area is 98.2 Å². The molecule has 2 rings (SSSR count). The third-order valence-corrected chi connectivity index (χ3v) is 3.34. The van der Waals surface area contributed by atoms with Gasteiger partial charge in [-0.05, 0) is 31.2 Å². The summed E-state index contributed by atoms with van der Waals surface area (Å²) in [7, 11) is 1.88. The number of rotatable bonds is 3. The molecule has 1 aromatic carbocycles. The summed E-state index contributed by atoms with van der Waals surface area (Å²) in [6.07, 6.45) is 1.78. The minimum Gasteiger partial charge on any atom is -0.307 e. The molecule has 0 aliphatic carbocycles. The molecule has 84 valence electrons. The molecule has 4 heteroatoms. The molecule has 0 spiro atoms. The van der Waals surface area contributed by atoms with Crippen LogP contribution in [-0.4, -0.2) is 12.0 Å². The molecule has 0 bridgehead atoms. The van der Waals surface area contributed by atoms with Crippen LogP contribution < -0.4 is 5.32 Å². The van der Waals surface area contributed by atoms with E-state index in [0.29, 0.717) is 5.56 Å². The number of aryl methyl sites for hydroxylation is 1. The van der Waals surface area contributed by atoms with Crippen molar-refractivity contribution in [3.8, 4) is 0 Å². The van der Waals surface area contributed by atoms with E-state index in [9.17, 15) is 4.39 Å². The second-order valence-corrected chi connectivity index (χ2v) is 4.53. The zero-order chi connectivity index (χ0) is 11.5. The van der Waals surface area contributed by atoms with Gasteiger partial charge >= 0.3 is 0 Å². The summed E-state index contributed by atoms with van der Waals surface area (Å²) in [4.78, 5) is 4.28. The lowest BCUT2D eigenvalue weighted by Crippen LogP contribution is -2.17. The number of hydrogen-bond acceptors (Lipinski definition) is 3. The normalized spacial score (nSPS) is 12.7. The molecule has 0 saturated carbocycles. The maximum atomic E-state index is 13.2. The van der Waals surface area contributed by atoms with E-state index < -0.39 is 0 Å². The molecule has 0 aliphatic heterocycles. The lowest BCUT2D eigenvalue weighted by Gasteiger charge is -2.14. The van der Waals surface area contributed by atoms with Gasteiger partial charge in [-0.25, -0.2) is 9.37 Å². The number of aromatic nitrogens is 1. The van der Waals surface area contributed by atoms with E-state index in [0.717, 1.165) is 10.6 Å². The van der Waals surface area contributed by atoms with E-state index in [-0.39, 0.29) is 11.9 Å². The Balaban J connectivity index is 2.37. The van der Waals surface area contributed by atoms with Crippen LogP contribution in [0.5, 0.6) is 0 Å². The first kappa shape index (κ1) is 11.2. The van der Waals surface area contributed by atoms with Gasteiger partial charge in [-0.3, -0.25) is 0 Å². The van der Waals surface area contributed by atoms with Crippen molar-refractivity contribution < 1.29 is 4.39 Å². The molecule has 2 aromatic rings. The first-order valence-corrected chi connectivity index (χ1v) is 5.93. The quantitative estimate of drug-likeness (QED) is 0.886. The standard InChI is InChI=1S/C12H13FN2S/c1-8-7-9(3-4-10(8)13)11(14-2)12-15-5-6-16-12/h3-7,11,14H,1-2H3. The fourth-order valence-electron chi connectivity index (χ4n) is 1.66. The summed E-state index contributed by atoms with van der Waals surface area (Å²) >= 11 is 1.59. The summed E-state index contributed by atoms with van der Waals surface area (Å²) in [6.45, 7) is 1.77. The number of nitrogens with one attached hydrogen (secondary N) is 1. The van der Waals surface area contributed by atoms with Crippen LogP contribution in [0.4, 0.5) is 4.39 Å². The second-order valence-electron chi connectivity index (χ2n) is 3.60. The van der Waals surface area contributed by atoms with Gasteiger partial charge in [0.15, 0.2) is 0 Å². The van der Waals surface area contributed by atoms with Gasteiger partial charge in [-0.1, -0.05) is 12.1 Å². The van der Waals surface area contributed by atoms with Crippen molar-refractivity contribution in [2.24, 2.45) is 0 Å². The highest BCUT2D eigenvalue weighted by atomic mass is 32.1. The maximum absolute atomic E-state index is 13.2. The molecular weight excluding hydrogens is 223 g/mol. The molecule has 1 aromatic heterocycles. The van der Waals surface area contributed by atoms with Gasteiger partial charge in [0.05, 0.1) is 6.04 Å². The fraction of sp³-hybridized carbons (Fsp3) is 0.250. The number of thiazole rings is 1. The molecular formula is C12H13FN2S. The third kappa shape index (κ3) is 2.13. The van der Waals surface area contributed by atoms with Crippen LogP contribution in [0, 0.1) is 12.7 Å². The number of nitrogens with zero attached hydrogens (tertiary/aromatic N) is 1. The summed E-state index contributed by atoms with van der Waals surface area (Å²) in [5, 5.41) is 6.13. The molecule has 0 fully saturated rings. The average molecular weight is 236 g/mol. The summed E-state index contributed by atoms with van der Waals surface area (Å²) in [6, 6.07) is 5.20. The smallest absolute Gasteiger partial charge is 0.126 e. The molecule has 1 heterocycles. The van der Waals surface area contributed by atoms with Crippen LogP contribution in [0.25, 0.3) is 0 Å². The van der Waals surface area contributed by atoms with Crippen LogP contribution in [0.2, 0.25) is 0 Å². The van der Waals surface area contributed by atoms with Crippen molar-refractivity contribution in [2.75, 3.05) is 7.05 Å². The summed E-state index contributed by atoms with van der Waals surface area (Å²) < 4.78 is 13.2. The minimum absolute atomic E-state index is 0.0410. The van der Waals surface area contributed by atoms with E-state index in [1.54, 1.807) is 30.5 Å². The second kappa shape index (κ2) is 4.72.